The van der Waals surface area contributed by atoms with Crippen LogP contribution in [0.25, 0.3) is 0 Å². The van der Waals surface area contributed by atoms with Gasteiger partial charge in [-0.05, 0) is 18.8 Å². The lowest BCUT2D eigenvalue weighted by atomic mass is 9.84. The Kier molecular flexibility index (Phi) is 4.18. The lowest BCUT2D eigenvalue weighted by Gasteiger charge is -2.27. The van der Waals surface area contributed by atoms with Gasteiger partial charge < -0.3 is 9.94 Å². The molecule has 4 nitrogen and oxygen atoms in total. The zero-order chi connectivity index (χ0) is 9.68. The molecule has 0 amide bonds. The van der Waals surface area contributed by atoms with E-state index in [1.807, 2.05) is 0 Å². The van der Waals surface area contributed by atoms with Gasteiger partial charge in [0.1, 0.15) is 0 Å². The summed E-state index contributed by atoms with van der Waals surface area (Å²) in [5.74, 6) is 4.60. The molecule has 3 N–H and O–H groups in total. The van der Waals surface area contributed by atoms with E-state index in [1.165, 1.54) is 19.3 Å². The summed E-state index contributed by atoms with van der Waals surface area (Å²) < 4.78 is 0. The maximum absolute atomic E-state index is 10.5. The van der Waals surface area contributed by atoms with E-state index in [2.05, 4.69) is 0 Å². The second-order valence-electron chi connectivity index (χ2n) is 3.67. The molecule has 1 fully saturated rings. The second-order valence-corrected chi connectivity index (χ2v) is 3.67. The maximum atomic E-state index is 10.5. The smallest absolute Gasteiger partial charge is 0.306 e. The summed E-state index contributed by atoms with van der Waals surface area (Å²) in [6.07, 6.45) is 5.43. The minimum absolute atomic E-state index is 0.0289. The third kappa shape index (κ3) is 3.32. The van der Waals surface area contributed by atoms with Crippen molar-refractivity contribution in [1.29, 1.82) is 0 Å². The van der Waals surface area contributed by atoms with E-state index in [-0.39, 0.29) is 12.5 Å². The van der Waals surface area contributed by atoms with Gasteiger partial charge in [0.15, 0.2) is 0 Å². The highest BCUT2D eigenvalue weighted by molar-refractivity contribution is 5.67. The number of nitrogens with two attached hydrogens (primary N) is 1. The van der Waals surface area contributed by atoms with Gasteiger partial charge in [-0.3, -0.25) is 4.79 Å². The first-order chi connectivity index (χ1) is 6.24. The van der Waals surface area contributed by atoms with Crippen molar-refractivity contribution in [2.75, 3.05) is 0 Å². The number of aliphatic carboxylic acids is 1. The van der Waals surface area contributed by atoms with Gasteiger partial charge in [-0.15, -0.1) is 0 Å². The molecule has 4 heteroatoms. The van der Waals surface area contributed by atoms with Gasteiger partial charge in [-0.2, -0.15) is 0 Å². The minimum atomic E-state index is -0.832. The van der Waals surface area contributed by atoms with Crippen molar-refractivity contribution in [2.24, 2.45) is 11.8 Å². The van der Waals surface area contributed by atoms with Crippen molar-refractivity contribution >= 4 is 5.97 Å². The Morgan fingerprint density at radius 2 is 2.08 bits per heavy atom. The fraction of sp³-hybridized carbons (Fsp3) is 0.889. The molecule has 0 spiro atoms. The van der Waals surface area contributed by atoms with Crippen molar-refractivity contribution in [1.82, 2.24) is 0 Å². The molecule has 13 heavy (non-hydrogen) atoms. The van der Waals surface area contributed by atoms with Crippen LogP contribution in [0.15, 0.2) is 0 Å². The van der Waals surface area contributed by atoms with E-state index in [0.717, 1.165) is 12.8 Å². The Balaban J connectivity index is 2.39. The molecule has 1 unspecified atom stereocenters. The van der Waals surface area contributed by atoms with Crippen LogP contribution in [0.2, 0.25) is 0 Å². The Bertz CT molecular complexity index is 166. The van der Waals surface area contributed by atoms with Crippen LogP contribution in [0.5, 0.6) is 0 Å². The Hall–Kier alpha value is -0.610. The van der Waals surface area contributed by atoms with Crippen LogP contribution in [0, 0.1) is 5.92 Å². The van der Waals surface area contributed by atoms with Crippen LogP contribution in [-0.2, 0) is 9.63 Å². The minimum Gasteiger partial charge on any atom is -0.481 e. The van der Waals surface area contributed by atoms with Gasteiger partial charge in [-0.25, -0.2) is 5.90 Å². The first-order valence-electron chi connectivity index (χ1n) is 4.81. The van der Waals surface area contributed by atoms with E-state index in [9.17, 15) is 4.79 Å². The Morgan fingerprint density at radius 3 is 2.54 bits per heavy atom. The third-order valence-corrected chi connectivity index (χ3v) is 2.73. The molecule has 1 aliphatic rings. The SMILES string of the molecule is NOC(CC(=O)O)C1CCCCC1. The van der Waals surface area contributed by atoms with Crippen molar-refractivity contribution in [3.63, 3.8) is 0 Å². The van der Waals surface area contributed by atoms with Crippen molar-refractivity contribution < 1.29 is 14.7 Å². The first kappa shape index (κ1) is 10.5. The number of rotatable bonds is 4. The van der Waals surface area contributed by atoms with Gasteiger partial charge >= 0.3 is 5.97 Å². The quantitative estimate of drug-likeness (QED) is 0.651. The first-order valence-corrected chi connectivity index (χ1v) is 4.81. The van der Waals surface area contributed by atoms with E-state index < -0.39 is 5.97 Å². The van der Waals surface area contributed by atoms with E-state index in [1.54, 1.807) is 0 Å². The van der Waals surface area contributed by atoms with Crippen LogP contribution < -0.4 is 5.90 Å². The van der Waals surface area contributed by atoms with E-state index in [4.69, 9.17) is 15.8 Å². The van der Waals surface area contributed by atoms with Gasteiger partial charge in [0.25, 0.3) is 0 Å². The van der Waals surface area contributed by atoms with E-state index >= 15 is 0 Å². The molecule has 1 rings (SSSR count). The summed E-state index contributed by atoms with van der Waals surface area (Å²) in [4.78, 5) is 15.2. The highest BCUT2D eigenvalue weighted by atomic mass is 16.6. The number of hydrogen-bond donors (Lipinski definition) is 2. The van der Waals surface area contributed by atoms with Crippen molar-refractivity contribution in [3.8, 4) is 0 Å². The molecule has 0 bridgehead atoms. The highest BCUT2D eigenvalue weighted by Gasteiger charge is 2.25. The monoisotopic (exact) mass is 187 g/mol. The average Bonchev–Trinajstić information content (AvgIpc) is 2.15. The Labute approximate surface area is 78.0 Å². The zero-order valence-electron chi connectivity index (χ0n) is 7.74. The number of carboxylic acids is 1. The second kappa shape index (κ2) is 5.19. The molecule has 0 saturated heterocycles. The lowest BCUT2D eigenvalue weighted by Crippen LogP contribution is -2.30. The third-order valence-electron chi connectivity index (χ3n) is 2.73. The normalized spacial score (nSPS) is 21.3. The average molecular weight is 187 g/mol. The molecule has 0 aromatic heterocycles. The van der Waals surface area contributed by atoms with Crippen LogP contribution >= 0.6 is 0 Å². The maximum Gasteiger partial charge on any atom is 0.306 e. The zero-order valence-corrected chi connectivity index (χ0v) is 7.74. The molecule has 0 heterocycles. The van der Waals surface area contributed by atoms with Crippen LogP contribution in [0.1, 0.15) is 38.5 Å². The summed E-state index contributed by atoms with van der Waals surface area (Å²) in [5.41, 5.74) is 0. The highest BCUT2D eigenvalue weighted by Crippen LogP contribution is 2.28. The lowest BCUT2D eigenvalue weighted by molar-refractivity contribution is -0.142. The molecule has 76 valence electrons. The molecule has 1 saturated carbocycles. The van der Waals surface area contributed by atoms with E-state index in [0.29, 0.717) is 5.92 Å². The number of carbonyl (C=O) groups is 1. The molecule has 1 aliphatic carbocycles. The summed E-state index contributed by atoms with van der Waals surface area (Å²) in [6.45, 7) is 0. The van der Waals surface area contributed by atoms with Gasteiger partial charge in [0.05, 0.1) is 12.5 Å². The molecule has 0 aromatic rings. The fourth-order valence-corrected chi connectivity index (χ4v) is 2.00. The predicted molar refractivity (Wildman–Crippen MR) is 47.9 cm³/mol. The molecular formula is C9H17NO3. The molecular weight excluding hydrogens is 170 g/mol. The van der Waals surface area contributed by atoms with Gasteiger partial charge in [-0.1, -0.05) is 19.3 Å². The standard InChI is InChI=1S/C9H17NO3/c10-13-8(6-9(11)12)7-4-2-1-3-5-7/h7-8H,1-6,10H2,(H,11,12). The van der Waals surface area contributed by atoms with Gasteiger partial charge in [0.2, 0.25) is 0 Å². The van der Waals surface area contributed by atoms with Crippen molar-refractivity contribution in [2.45, 2.75) is 44.6 Å². The van der Waals surface area contributed by atoms with Gasteiger partial charge in [0, 0.05) is 0 Å². The summed E-state index contributed by atoms with van der Waals surface area (Å²) in [5, 5.41) is 8.61. The van der Waals surface area contributed by atoms with Crippen LogP contribution in [-0.4, -0.2) is 17.2 Å². The fourth-order valence-electron chi connectivity index (χ4n) is 2.00. The van der Waals surface area contributed by atoms with Crippen molar-refractivity contribution in [3.05, 3.63) is 0 Å². The molecule has 0 aromatic carbocycles. The molecule has 0 radical (unpaired) electrons. The predicted octanol–water partition coefficient (Wildman–Crippen LogP) is 1.30. The summed E-state index contributed by atoms with van der Waals surface area (Å²) in [7, 11) is 0. The summed E-state index contributed by atoms with van der Waals surface area (Å²) in [6, 6.07) is 0. The largest absolute Gasteiger partial charge is 0.481 e. The molecule has 0 aliphatic heterocycles. The summed E-state index contributed by atoms with van der Waals surface area (Å²) >= 11 is 0. The topological polar surface area (TPSA) is 72.5 Å². The van der Waals surface area contributed by atoms with Crippen LogP contribution in [0.4, 0.5) is 0 Å². The number of carboxylic acid groups (broad SMARTS) is 1. The molecule has 1 atom stereocenters. The Morgan fingerprint density at radius 1 is 1.46 bits per heavy atom. The number of hydrogen-bond acceptors (Lipinski definition) is 3. The van der Waals surface area contributed by atoms with Crippen LogP contribution in [0.3, 0.4) is 0 Å².